The van der Waals surface area contributed by atoms with Gasteiger partial charge in [0.2, 0.25) is 0 Å². The van der Waals surface area contributed by atoms with Gasteiger partial charge in [0.15, 0.2) is 0 Å². The number of ether oxygens (including phenoxy) is 1. The molecule has 1 aromatic rings. The van der Waals surface area contributed by atoms with E-state index in [0.29, 0.717) is 0 Å². The van der Waals surface area contributed by atoms with Crippen LogP contribution in [-0.4, -0.2) is 17.1 Å². The molecule has 16 heavy (non-hydrogen) atoms. The minimum Gasteiger partial charge on any atom is -0.462 e. The van der Waals surface area contributed by atoms with Crippen molar-refractivity contribution in [2.75, 3.05) is 0 Å². The van der Waals surface area contributed by atoms with E-state index in [0.717, 1.165) is 31.4 Å². The third kappa shape index (κ3) is 2.60. The molecule has 0 N–H and O–H groups in total. The van der Waals surface area contributed by atoms with Gasteiger partial charge in [-0.3, -0.25) is 9.78 Å². The first-order valence-electron chi connectivity index (χ1n) is 5.90. The van der Waals surface area contributed by atoms with Crippen LogP contribution in [0.25, 0.3) is 0 Å². The summed E-state index contributed by atoms with van der Waals surface area (Å²) in [7, 11) is 0. The Bertz CT molecular complexity index is 350. The summed E-state index contributed by atoms with van der Waals surface area (Å²) < 4.78 is 5.35. The summed E-state index contributed by atoms with van der Waals surface area (Å²) in [5.74, 6) is 0.0847. The van der Waals surface area contributed by atoms with E-state index in [4.69, 9.17) is 4.74 Å². The second kappa shape index (κ2) is 5.10. The summed E-state index contributed by atoms with van der Waals surface area (Å²) >= 11 is 0. The number of esters is 1. The fraction of sp³-hybridized carbons (Fsp3) is 0.538. The molecule has 3 heteroatoms. The predicted molar refractivity (Wildman–Crippen MR) is 60.8 cm³/mol. The molecule has 2 unspecified atom stereocenters. The van der Waals surface area contributed by atoms with Crippen LogP contribution in [0.3, 0.4) is 0 Å². The molecule has 0 saturated carbocycles. The highest BCUT2D eigenvalue weighted by Crippen LogP contribution is 2.26. The van der Waals surface area contributed by atoms with E-state index in [1.807, 2.05) is 18.2 Å². The molecule has 1 fully saturated rings. The quantitative estimate of drug-likeness (QED) is 0.730. The van der Waals surface area contributed by atoms with Gasteiger partial charge in [-0.2, -0.15) is 0 Å². The lowest BCUT2D eigenvalue weighted by Crippen LogP contribution is -2.11. The number of rotatable bonds is 4. The Kier molecular flexibility index (Phi) is 3.54. The van der Waals surface area contributed by atoms with Crippen LogP contribution in [0.5, 0.6) is 0 Å². The Morgan fingerprint density at radius 3 is 3.06 bits per heavy atom. The van der Waals surface area contributed by atoms with E-state index >= 15 is 0 Å². The third-order valence-electron chi connectivity index (χ3n) is 2.96. The minimum atomic E-state index is -0.0252. The molecule has 0 amide bonds. The summed E-state index contributed by atoms with van der Waals surface area (Å²) in [6.07, 6.45) is 5.37. The van der Waals surface area contributed by atoms with Gasteiger partial charge in [-0.05, 0) is 25.0 Å². The molecule has 0 aliphatic carbocycles. The second-order valence-electron chi connectivity index (χ2n) is 4.31. The molecule has 86 valence electrons. The number of cyclic esters (lactones) is 1. The highest BCUT2D eigenvalue weighted by molar-refractivity contribution is 5.74. The van der Waals surface area contributed by atoms with Gasteiger partial charge in [-0.1, -0.05) is 19.4 Å². The van der Waals surface area contributed by atoms with E-state index in [-0.39, 0.29) is 18.0 Å². The topological polar surface area (TPSA) is 39.2 Å². The molecule has 0 spiro atoms. The summed E-state index contributed by atoms with van der Waals surface area (Å²) in [5, 5.41) is 0. The van der Waals surface area contributed by atoms with E-state index in [9.17, 15) is 4.79 Å². The van der Waals surface area contributed by atoms with Gasteiger partial charge in [0.25, 0.3) is 0 Å². The molecule has 1 aliphatic rings. The van der Waals surface area contributed by atoms with Crippen LogP contribution in [-0.2, 0) is 16.0 Å². The van der Waals surface area contributed by atoms with Crippen LogP contribution in [0.1, 0.15) is 31.9 Å². The molecule has 2 rings (SSSR count). The Balaban J connectivity index is 1.91. The fourth-order valence-corrected chi connectivity index (χ4v) is 2.18. The monoisotopic (exact) mass is 219 g/mol. The molecule has 3 nitrogen and oxygen atoms in total. The van der Waals surface area contributed by atoms with Gasteiger partial charge in [-0.15, -0.1) is 0 Å². The lowest BCUT2D eigenvalue weighted by Gasteiger charge is -2.07. The molecule has 0 bridgehead atoms. The van der Waals surface area contributed by atoms with Crippen molar-refractivity contribution < 1.29 is 9.53 Å². The molecule has 1 aromatic heterocycles. The number of hydrogen-bond donors (Lipinski definition) is 0. The van der Waals surface area contributed by atoms with E-state index in [1.54, 1.807) is 6.20 Å². The van der Waals surface area contributed by atoms with Crippen LogP contribution in [0.2, 0.25) is 0 Å². The molecule has 0 aromatic carbocycles. The lowest BCUT2D eigenvalue weighted by atomic mass is 9.98. The summed E-state index contributed by atoms with van der Waals surface area (Å²) in [6.45, 7) is 2.10. The first kappa shape index (κ1) is 11.1. The first-order valence-corrected chi connectivity index (χ1v) is 5.90. The second-order valence-corrected chi connectivity index (χ2v) is 4.31. The highest BCUT2D eigenvalue weighted by atomic mass is 16.5. The van der Waals surface area contributed by atoms with Crippen molar-refractivity contribution >= 4 is 5.97 Å². The number of carbonyl (C=O) groups is 1. The molecular formula is C13H17NO2. The van der Waals surface area contributed by atoms with Gasteiger partial charge in [0.05, 0.1) is 5.92 Å². The number of aromatic nitrogens is 1. The average molecular weight is 219 g/mol. The smallest absolute Gasteiger partial charge is 0.309 e. The zero-order chi connectivity index (χ0) is 11.4. The number of nitrogens with zero attached hydrogens (tertiary/aromatic N) is 1. The normalized spacial score (nSPS) is 24.4. The minimum absolute atomic E-state index is 0.0252. The third-order valence-corrected chi connectivity index (χ3v) is 2.96. The number of pyridine rings is 1. The lowest BCUT2D eigenvalue weighted by molar-refractivity contribution is -0.144. The Morgan fingerprint density at radius 1 is 1.50 bits per heavy atom. The maximum absolute atomic E-state index is 11.5. The number of carbonyl (C=O) groups excluding carboxylic acids is 1. The molecule has 1 saturated heterocycles. The van der Waals surface area contributed by atoms with Crippen molar-refractivity contribution in [1.82, 2.24) is 4.98 Å². The van der Waals surface area contributed by atoms with Crippen molar-refractivity contribution in [2.24, 2.45) is 5.92 Å². The molecule has 2 atom stereocenters. The maximum Gasteiger partial charge on any atom is 0.309 e. The van der Waals surface area contributed by atoms with Crippen molar-refractivity contribution in [3.63, 3.8) is 0 Å². The predicted octanol–water partition coefficient (Wildman–Crippen LogP) is 2.36. The number of hydrogen-bond acceptors (Lipinski definition) is 3. The average Bonchev–Trinajstić information content (AvgIpc) is 2.61. The highest BCUT2D eigenvalue weighted by Gasteiger charge is 2.33. The van der Waals surface area contributed by atoms with Crippen LogP contribution in [0, 0.1) is 5.92 Å². The Hall–Kier alpha value is -1.38. The van der Waals surface area contributed by atoms with Crippen LogP contribution >= 0.6 is 0 Å². The summed E-state index contributed by atoms with van der Waals surface area (Å²) in [5.41, 5.74) is 0.998. The fourth-order valence-electron chi connectivity index (χ4n) is 2.18. The van der Waals surface area contributed by atoms with Gasteiger partial charge in [0, 0.05) is 18.3 Å². The molecule has 2 heterocycles. The van der Waals surface area contributed by atoms with E-state index < -0.39 is 0 Å². The van der Waals surface area contributed by atoms with Crippen molar-refractivity contribution in [3.05, 3.63) is 30.1 Å². The zero-order valence-corrected chi connectivity index (χ0v) is 9.56. The zero-order valence-electron chi connectivity index (χ0n) is 9.56. The molecule has 0 radical (unpaired) electrons. The molecule has 1 aliphatic heterocycles. The standard InChI is InChI=1S/C13H17NO2/c1-2-5-10-8-12(16-13(10)15)9-11-6-3-4-7-14-11/h3-4,6-7,10,12H,2,5,8-9H2,1H3. The first-order chi connectivity index (χ1) is 7.79. The van der Waals surface area contributed by atoms with Gasteiger partial charge >= 0.3 is 5.97 Å². The largest absolute Gasteiger partial charge is 0.462 e. The van der Waals surface area contributed by atoms with E-state index in [1.165, 1.54) is 0 Å². The van der Waals surface area contributed by atoms with Crippen molar-refractivity contribution in [2.45, 2.75) is 38.7 Å². The van der Waals surface area contributed by atoms with Crippen molar-refractivity contribution in [1.29, 1.82) is 0 Å². The van der Waals surface area contributed by atoms with Crippen LogP contribution < -0.4 is 0 Å². The van der Waals surface area contributed by atoms with Crippen molar-refractivity contribution in [3.8, 4) is 0 Å². The molecular weight excluding hydrogens is 202 g/mol. The van der Waals surface area contributed by atoms with Gasteiger partial charge < -0.3 is 4.74 Å². The summed E-state index contributed by atoms with van der Waals surface area (Å²) in [6, 6.07) is 5.83. The van der Waals surface area contributed by atoms with Crippen LogP contribution in [0.15, 0.2) is 24.4 Å². The van der Waals surface area contributed by atoms with Gasteiger partial charge in [0.1, 0.15) is 6.10 Å². The Labute approximate surface area is 95.8 Å². The maximum atomic E-state index is 11.5. The van der Waals surface area contributed by atoms with E-state index in [2.05, 4.69) is 11.9 Å². The van der Waals surface area contributed by atoms with Gasteiger partial charge in [-0.25, -0.2) is 0 Å². The SMILES string of the molecule is CCCC1CC(Cc2ccccn2)OC1=O. The Morgan fingerprint density at radius 2 is 2.38 bits per heavy atom. The van der Waals surface area contributed by atoms with Crippen LogP contribution in [0.4, 0.5) is 0 Å². The summed E-state index contributed by atoms with van der Waals surface area (Å²) in [4.78, 5) is 15.8.